The summed E-state index contributed by atoms with van der Waals surface area (Å²) in [6, 6.07) is 7.70. The van der Waals surface area contributed by atoms with Crippen molar-refractivity contribution in [2.45, 2.75) is 48.6 Å². The van der Waals surface area contributed by atoms with Crippen molar-refractivity contribution in [3.05, 3.63) is 29.3 Å². The van der Waals surface area contributed by atoms with Crippen LogP contribution in [0.15, 0.2) is 24.3 Å². The fraction of sp³-hybridized carbons (Fsp3) is 0.500. The number of hydrogen-bond donors (Lipinski definition) is 3. The van der Waals surface area contributed by atoms with E-state index in [1.54, 1.807) is 12.1 Å². The molecule has 3 unspecified atom stereocenters. The Morgan fingerprint density at radius 2 is 2.04 bits per heavy atom. The first-order valence-corrected chi connectivity index (χ1v) is 12.0. The lowest BCUT2D eigenvalue weighted by Gasteiger charge is -2.36. The monoisotopic (exact) mass is 456 g/mol. The van der Waals surface area contributed by atoms with Gasteiger partial charge in [-0.1, -0.05) is 48.4 Å². The van der Waals surface area contributed by atoms with Gasteiger partial charge in [-0.05, 0) is 37.1 Å². The molecule has 6 nitrogen and oxygen atoms in total. The highest BCUT2D eigenvalue weighted by Crippen LogP contribution is 2.37. The van der Waals surface area contributed by atoms with Gasteiger partial charge in [-0.3, -0.25) is 14.9 Å². The van der Waals surface area contributed by atoms with Crippen LogP contribution in [0.25, 0.3) is 0 Å². The first-order valence-electron chi connectivity index (χ1n) is 9.24. The van der Waals surface area contributed by atoms with Gasteiger partial charge in [0.15, 0.2) is 0 Å². The number of benzene rings is 1. The van der Waals surface area contributed by atoms with Gasteiger partial charge in [-0.15, -0.1) is 11.8 Å². The lowest BCUT2D eigenvalue weighted by atomic mass is 10.2. The number of nitrogens with zero attached hydrogens (tertiary/aromatic N) is 1. The van der Waals surface area contributed by atoms with Gasteiger partial charge in [0.05, 0.1) is 5.75 Å². The zero-order valence-electron chi connectivity index (χ0n) is 15.0. The van der Waals surface area contributed by atoms with E-state index in [1.165, 1.54) is 36.4 Å². The van der Waals surface area contributed by atoms with E-state index >= 15 is 0 Å². The number of carbonyl (C=O) groups excluding carboxylic acids is 2. The van der Waals surface area contributed by atoms with Gasteiger partial charge in [0, 0.05) is 16.8 Å². The van der Waals surface area contributed by atoms with Crippen LogP contribution in [0, 0.1) is 0 Å². The topological polar surface area (TPSA) is 73.5 Å². The molecular formula is C18H21ClN4O2S3. The van der Waals surface area contributed by atoms with Crippen molar-refractivity contribution in [2.24, 2.45) is 0 Å². The van der Waals surface area contributed by atoms with Crippen LogP contribution in [0.3, 0.4) is 0 Å². The van der Waals surface area contributed by atoms with Crippen molar-refractivity contribution in [2.75, 3.05) is 10.7 Å². The van der Waals surface area contributed by atoms with Crippen LogP contribution in [0.2, 0.25) is 5.02 Å². The van der Waals surface area contributed by atoms with Crippen molar-refractivity contribution >= 4 is 69.2 Å². The van der Waals surface area contributed by atoms with Crippen LogP contribution in [0.1, 0.15) is 25.7 Å². The third-order valence-corrected chi connectivity index (χ3v) is 7.93. The second-order valence-electron chi connectivity index (χ2n) is 7.01. The number of amides is 2. The van der Waals surface area contributed by atoms with Crippen LogP contribution in [-0.2, 0) is 9.59 Å². The van der Waals surface area contributed by atoms with Crippen LogP contribution < -0.4 is 20.9 Å². The van der Waals surface area contributed by atoms with Crippen LogP contribution in [0.4, 0.5) is 5.69 Å². The molecule has 2 aliphatic heterocycles. The maximum absolute atomic E-state index is 12.6. The molecule has 2 amide bonds. The van der Waals surface area contributed by atoms with Gasteiger partial charge < -0.3 is 15.5 Å². The molecule has 150 valence electrons. The highest BCUT2D eigenvalue weighted by Gasteiger charge is 2.47. The molecule has 0 spiro atoms. The number of thiocarbonyl (C=S) groups is 1. The lowest BCUT2D eigenvalue weighted by Crippen LogP contribution is -2.64. The maximum Gasteiger partial charge on any atom is 0.238 e. The van der Waals surface area contributed by atoms with E-state index in [4.69, 9.17) is 23.8 Å². The Hall–Kier alpha value is -1.00. The zero-order chi connectivity index (χ0) is 19.7. The van der Waals surface area contributed by atoms with Crippen molar-refractivity contribution in [1.29, 1.82) is 0 Å². The number of anilines is 1. The molecule has 3 aliphatic rings. The van der Waals surface area contributed by atoms with Gasteiger partial charge in [0.1, 0.15) is 21.2 Å². The third kappa shape index (κ3) is 4.43. The van der Waals surface area contributed by atoms with E-state index in [9.17, 15) is 9.59 Å². The van der Waals surface area contributed by atoms with Crippen LogP contribution in [-0.4, -0.2) is 44.8 Å². The van der Waals surface area contributed by atoms with Crippen LogP contribution >= 0.6 is 47.3 Å². The summed E-state index contributed by atoms with van der Waals surface area (Å²) in [5, 5.41) is 9.76. The van der Waals surface area contributed by atoms with E-state index in [0.29, 0.717) is 21.1 Å². The number of hydrogen-bond acceptors (Lipinski definition) is 6. The molecule has 0 bridgehead atoms. The summed E-state index contributed by atoms with van der Waals surface area (Å²) in [5.41, 5.74) is 0.540. The smallest absolute Gasteiger partial charge is 0.238 e. The average Bonchev–Trinajstić information content (AvgIpc) is 3.28. The number of rotatable bonds is 5. The molecule has 2 heterocycles. The first-order chi connectivity index (χ1) is 13.5. The maximum atomic E-state index is 12.6. The summed E-state index contributed by atoms with van der Waals surface area (Å²) in [6.07, 6.45) is 4.22. The van der Waals surface area contributed by atoms with Gasteiger partial charge in [-0.2, -0.15) is 0 Å². The third-order valence-electron chi connectivity index (χ3n) is 5.05. The number of fused-ring (bicyclic) bond motifs is 1. The van der Waals surface area contributed by atoms with Gasteiger partial charge in [0.2, 0.25) is 11.8 Å². The Morgan fingerprint density at radius 3 is 2.75 bits per heavy atom. The summed E-state index contributed by atoms with van der Waals surface area (Å²) in [4.78, 5) is 26.7. The number of nitrogens with one attached hydrogen (secondary N) is 3. The zero-order valence-corrected chi connectivity index (χ0v) is 18.2. The fourth-order valence-electron chi connectivity index (χ4n) is 3.70. The number of carbonyl (C=O) groups is 2. The first kappa shape index (κ1) is 20.3. The van der Waals surface area contributed by atoms with Crippen molar-refractivity contribution in [1.82, 2.24) is 16.0 Å². The Morgan fingerprint density at radius 1 is 1.32 bits per heavy atom. The van der Waals surface area contributed by atoms with Crippen molar-refractivity contribution in [3.8, 4) is 0 Å². The number of halogens is 1. The summed E-state index contributed by atoms with van der Waals surface area (Å²) in [7, 11) is 0. The highest BCUT2D eigenvalue weighted by molar-refractivity contribution is 8.24. The molecule has 3 fully saturated rings. The molecule has 10 heteroatoms. The van der Waals surface area contributed by atoms with Gasteiger partial charge >= 0.3 is 0 Å². The SMILES string of the molecule is O=C(CSC1NC(=O)C2SC(=S)N(c3ccc(Cl)cc3)C2N1)NC1CCCC1. The molecule has 1 aromatic rings. The molecule has 0 radical (unpaired) electrons. The van der Waals surface area contributed by atoms with E-state index in [-0.39, 0.29) is 28.7 Å². The quantitative estimate of drug-likeness (QED) is 0.588. The molecule has 2 saturated heterocycles. The Balaban J connectivity index is 1.39. The van der Waals surface area contributed by atoms with E-state index < -0.39 is 0 Å². The van der Waals surface area contributed by atoms with Crippen molar-refractivity contribution in [3.63, 3.8) is 0 Å². The Bertz CT molecular complexity index is 773. The van der Waals surface area contributed by atoms with E-state index in [1.807, 2.05) is 17.0 Å². The standard InChI is InChI=1S/C18H21ClN4O2S3/c19-10-5-7-12(8-6-10)23-15-14(28-18(23)26)16(25)22-17(21-15)27-9-13(24)20-11-3-1-2-4-11/h5-8,11,14-15,17,21H,1-4,9H2,(H,20,24)(H,22,25). The lowest BCUT2D eigenvalue weighted by molar-refractivity contribution is -0.123. The molecule has 28 heavy (non-hydrogen) atoms. The molecule has 0 aromatic heterocycles. The predicted molar refractivity (Wildman–Crippen MR) is 120 cm³/mol. The van der Waals surface area contributed by atoms with Crippen molar-refractivity contribution < 1.29 is 9.59 Å². The molecule has 4 rings (SSSR count). The molecule has 1 aromatic carbocycles. The average molecular weight is 457 g/mol. The van der Waals surface area contributed by atoms with E-state index in [0.717, 1.165) is 18.5 Å². The summed E-state index contributed by atoms with van der Waals surface area (Å²) in [6.45, 7) is 0. The largest absolute Gasteiger partial charge is 0.353 e. The Labute approximate surface area is 182 Å². The predicted octanol–water partition coefficient (Wildman–Crippen LogP) is 2.67. The molecule has 3 atom stereocenters. The number of thioether (sulfide) groups is 2. The second kappa shape index (κ2) is 8.79. The minimum absolute atomic E-state index is 0.0148. The van der Waals surface area contributed by atoms with Gasteiger partial charge in [0.25, 0.3) is 0 Å². The van der Waals surface area contributed by atoms with Crippen LogP contribution in [0.5, 0.6) is 0 Å². The summed E-state index contributed by atoms with van der Waals surface area (Å²) in [5.74, 6) is 0.242. The van der Waals surface area contributed by atoms with Gasteiger partial charge in [-0.25, -0.2) is 0 Å². The molecule has 1 aliphatic carbocycles. The Kier molecular flexibility index (Phi) is 6.37. The summed E-state index contributed by atoms with van der Waals surface area (Å²) < 4.78 is 0.643. The fourth-order valence-corrected chi connectivity index (χ4v) is 6.25. The van der Waals surface area contributed by atoms with E-state index in [2.05, 4.69) is 16.0 Å². The molecule has 3 N–H and O–H groups in total. The second-order valence-corrected chi connectivity index (χ2v) is 10.3. The normalized spacial score (nSPS) is 27.6. The molecular weight excluding hydrogens is 436 g/mol. The minimum atomic E-state index is -0.348. The molecule has 1 saturated carbocycles. The summed E-state index contributed by atoms with van der Waals surface area (Å²) >= 11 is 14.3. The minimum Gasteiger partial charge on any atom is -0.353 e. The highest BCUT2D eigenvalue weighted by atomic mass is 35.5.